The van der Waals surface area contributed by atoms with E-state index in [9.17, 15) is 18.0 Å². The first-order chi connectivity index (χ1) is 7.64. The topological polar surface area (TPSA) is 133 Å². The molecule has 0 heterocycles. The average molecular weight is 268 g/mol. The molecule has 1 atom stereocenters. The predicted molar refractivity (Wildman–Crippen MR) is 58.6 cm³/mol. The van der Waals surface area contributed by atoms with Gasteiger partial charge in [-0.2, -0.15) is 13.1 Å². The first-order valence-corrected chi connectivity index (χ1v) is 6.34. The Labute approximate surface area is 99.2 Å². The molecule has 0 aliphatic carbocycles. The van der Waals surface area contributed by atoms with Gasteiger partial charge in [0.05, 0.1) is 6.42 Å². The molecule has 0 aromatic rings. The van der Waals surface area contributed by atoms with Gasteiger partial charge in [-0.05, 0) is 5.92 Å². The lowest BCUT2D eigenvalue weighted by atomic mass is 10.2. The molecule has 4 N–H and O–H groups in total. The number of carboxylic acid groups (broad SMARTS) is 2. The summed E-state index contributed by atoms with van der Waals surface area (Å²) in [5.74, 6) is -2.89. The third kappa shape index (κ3) is 7.66. The maximum Gasteiger partial charge on any atom is 0.322 e. The Morgan fingerprint density at radius 1 is 1.24 bits per heavy atom. The summed E-state index contributed by atoms with van der Waals surface area (Å²) >= 11 is 0. The van der Waals surface area contributed by atoms with Crippen LogP contribution in [0.1, 0.15) is 20.3 Å². The molecular formula is C8H16N2O6S. The molecular weight excluding hydrogens is 252 g/mol. The molecule has 8 nitrogen and oxygen atoms in total. The van der Waals surface area contributed by atoms with Crippen molar-refractivity contribution < 1.29 is 28.2 Å². The second-order valence-electron chi connectivity index (χ2n) is 3.85. The molecule has 0 saturated carbocycles. The van der Waals surface area contributed by atoms with Crippen molar-refractivity contribution in [2.24, 2.45) is 5.92 Å². The quantitative estimate of drug-likeness (QED) is 0.446. The molecule has 0 aromatic heterocycles. The van der Waals surface area contributed by atoms with Gasteiger partial charge in [-0.25, -0.2) is 4.72 Å². The lowest BCUT2D eigenvalue weighted by molar-refractivity contribution is -0.145. The Kier molecular flexibility index (Phi) is 6.07. The van der Waals surface area contributed by atoms with E-state index in [4.69, 9.17) is 10.2 Å². The number of hydrogen-bond donors (Lipinski definition) is 4. The summed E-state index contributed by atoms with van der Waals surface area (Å²) in [6, 6.07) is -1.68. The maximum absolute atomic E-state index is 11.4. The van der Waals surface area contributed by atoms with Crippen molar-refractivity contribution in [3.8, 4) is 0 Å². The predicted octanol–water partition coefficient (Wildman–Crippen LogP) is -1.01. The maximum atomic E-state index is 11.4. The summed E-state index contributed by atoms with van der Waals surface area (Å²) < 4.78 is 26.6. The minimum atomic E-state index is -4.01. The van der Waals surface area contributed by atoms with Gasteiger partial charge < -0.3 is 10.2 Å². The van der Waals surface area contributed by atoms with Crippen LogP contribution in [-0.4, -0.2) is 43.2 Å². The van der Waals surface area contributed by atoms with Crippen LogP contribution in [0.25, 0.3) is 0 Å². The van der Waals surface area contributed by atoms with Gasteiger partial charge >= 0.3 is 11.9 Å². The SMILES string of the molecule is CC(C)CNS(=O)(=O)N[C@H](CC(=O)O)C(=O)O. The molecule has 0 bridgehead atoms. The third-order valence-electron chi connectivity index (χ3n) is 1.66. The van der Waals surface area contributed by atoms with Gasteiger partial charge in [-0.1, -0.05) is 13.8 Å². The van der Waals surface area contributed by atoms with Crippen LogP contribution in [0.3, 0.4) is 0 Å². The molecule has 100 valence electrons. The van der Waals surface area contributed by atoms with Crippen molar-refractivity contribution in [1.82, 2.24) is 9.44 Å². The minimum Gasteiger partial charge on any atom is -0.481 e. The van der Waals surface area contributed by atoms with Gasteiger partial charge in [0.2, 0.25) is 0 Å². The number of nitrogens with one attached hydrogen (secondary N) is 2. The highest BCUT2D eigenvalue weighted by Gasteiger charge is 2.26. The lowest BCUT2D eigenvalue weighted by Gasteiger charge is -2.14. The Bertz CT molecular complexity index is 377. The van der Waals surface area contributed by atoms with E-state index in [2.05, 4.69) is 4.72 Å². The second kappa shape index (κ2) is 6.52. The number of carbonyl (C=O) groups is 2. The lowest BCUT2D eigenvalue weighted by Crippen LogP contribution is -2.48. The van der Waals surface area contributed by atoms with E-state index >= 15 is 0 Å². The normalized spacial score (nSPS) is 13.6. The van der Waals surface area contributed by atoms with Gasteiger partial charge in [0.25, 0.3) is 10.2 Å². The van der Waals surface area contributed by atoms with E-state index in [-0.39, 0.29) is 12.5 Å². The first-order valence-electron chi connectivity index (χ1n) is 4.85. The highest BCUT2D eigenvalue weighted by atomic mass is 32.2. The van der Waals surface area contributed by atoms with Gasteiger partial charge in [0, 0.05) is 6.54 Å². The molecule has 0 spiro atoms. The summed E-state index contributed by atoms with van der Waals surface area (Å²) in [4.78, 5) is 21.0. The molecule has 0 rings (SSSR count). The number of carboxylic acids is 2. The van der Waals surface area contributed by atoms with Crippen molar-refractivity contribution in [3.05, 3.63) is 0 Å². The Morgan fingerprint density at radius 3 is 2.12 bits per heavy atom. The minimum absolute atomic E-state index is 0.0503. The Balaban J connectivity index is 4.53. The zero-order valence-electron chi connectivity index (χ0n) is 9.50. The highest BCUT2D eigenvalue weighted by molar-refractivity contribution is 7.87. The molecule has 0 unspecified atom stereocenters. The van der Waals surface area contributed by atoms with Crippen LogP contribution in [0.5, 0.6) is 0 Å². The van der Waals surface area contributed by atoms with Crippen LogP contribution in [-0.2, 0) is 19.8 Å². The van der Waals surface area contributed by atoms with Crippen LogP contribution in [0.15, 0.2) is 0 Å². The van der Waals surface area contributed by atoms with E-state index < -0.39 is 34.6 Å². The molecule has 0 aliphatic rings. The van der Waals surface area contributed by atoms with Crippen molar-refractivity contribution in [2.45, 2.75) is 26.3 Å². The zero-order chi connectivity index (χ0) is 13.6. The summed E-state index contributed by atoms with van der Waals surface area (Å²) in [7, 11) is -4.01. The Hall–Kier alpha value is -1.19. The number of hydrogen-bond acceptors (Lipinski definition) is 4. The molecule has 0 saturated heterocycles. The fourth-order valence-corrected chi connectivity index (χ4v) is 2.05. The highest BCUT2D eigenvalue weighted by Crippen LogP contribution is 1.96. The molecule has 0 aromatic carbocycles. The molecule has 0 aliphatic heterocycles. The average Bonchev–Trinajstić information content (AvgIpc) is 2.12. The van der Waals surface area contributed by atoms with E-state index in [1.807, 2.05) is 0 Å². The third-order valence-corrected chi connectivity index (χ3v) is 2.80. The fraction of sp³-hybridized carbons (Fsp3) is 0.750. The van der Waals surface area contributed by atoms with Gasteiger partial charge in [-0.3, -0.25) is 9.59 Å². The molecule has 0 radical (unpaired) electrons. The van der Waals surface area contributed by atoms with E-state index in [1.165, 1.54) is 0 Å². The molecule has 0 amide bonds. The van der Waals surface area contributed by atoms with Crippen molar-refractivity contribution in [2.75, 3.05) is 6.54 Å². The van der Waals surface area contributed by atoms with Gasteiger partial charge in [0.15, 0.2) is 0 Å². The monoisotopic (exact) mass is 268 g/mol. The molecule has 9 heteroatoms. The number of rotatable bonds is 8. The molecule has 17 heavy (non-hydrogen) atoms. The van der Waals surface area contributed by atoms with Gasteiger partial charge in [-0.15, -0.1) is 0 Å². The standard InChI is InChI=1S/C8H16N2O6S/c1-5(2)4-9-17(15,16)10-6(8(13)14)3-7(11)12/h5-6,9-10H,3-4H2,1-2H3,(H,11,12)(H,13,14)/t6-/m1/s1. The van der Waals surface area contributed by atoms with E-state index in [0.717, 1.165) is 0 Å². The second-order valence-corrected chi connectivity index (χ2v) is 5.38. The Morgan fingerprint density at radius 2 is 1.76 bits per heavy atom. The summed E-state index contributed by atoms with van der Waals surface area (Å²) in [6.45, 7) is 3.68. The van der Waals surface area contributed by atoms with E-state index in [1.54, 1.807) is 18.6 Å². The van der Waals surface area contributed by atoms with Crippen molar-refractivity contribution in [1.29, 1.82) is 0 Å². The van der Waals surface area contributed by atoms with Crippen LogP contribution in [0, 0.1) is 5.92 Å². The molecule has 0 fully saturated rings. The van der Waals surface area contributed by atoms with Crippen LogP contribution < -0.4 is 9.44 Å². The fourth-order valence-electron chi connectivity index (χ4n) is 0.859. The van der Waals surface area contributed by atoms with E-state index in [0.29, 0.717) is 0 Å². The van der Waals surface area contributed by atoms with Crippen LogP contribution in [0.2, 0.25) is 0 Å². The largest absolute Gasteiger partial charge is 0.481 e. The summed E-state index contributed by atoms with van der Waals surface area (Å²) in [6.07, 6.45) is -0.822. The summed E-state index contributed by atoms with van der Waals surface area (Å²) in [5.41, 5.74) is 0. The first kappa shape index (κ1) is 15.8. The number of aliphatic carboxylic acids is 2. The van der Waals surface area contributed by atoms with Crippen LogP contribution >= 0.6 is 0 Å². The smallest absolute Gasteiger partial charge is 0.322 e. The van der Waals surface area contributed by atoms with Gasteiger partial charge in [0.1, 0.15) is 6.04 Å². The zero-order valence-corrected chi connectivity index (χ0v) is 10.3. The summed E-state index contributed by atoms with van der Waals surface area (Å²) in [5, 5.41) is 17.1. The van der Waals surface area contributed by atoms with Crippen molar-refractivity contribution >= 4 is 22.1 Å². The van der Waals surface area contributed by atoms with Crippen molar-refractivity contribution in [3.63, 3.8) is 0 Å². The van der Waals surface area contributed by atoms with Crippen LogP contribution in [0.4, 0.5) is 0 Å².